The molecule has 6 nitrogen and oxygen atoms in total. The van der Waals surface area contributed by atoms with E-state index in [4.69, 9.17) is 8.83 Å². The van der Waals surface area contributed by atoms with Gasteiger partial charge < -0.3 is 14.2 Å². The minimum Gasteiger partial charge on any atom is -0.461 e. The molecule has 0 saturated carbocycles. The van der Waals surface area contributed by atoms with Crippen molar-refractivity contribution in [3.8, 4) is 0 Å². The van der Waals surface area contributed by atoms with Gasteiger partial charge in [0, 0.05) is 35.7 Å². The molecule has 0 fully saturated rings. The number of aliphatic imine (C=N–C) groups is 1. The summed E-state index contributed by atoms with van der Waals surface area (Å²) < 4.78 is 12.2. The van der Waals surface area contributed by atoms with Crippen LogP contribution in [0.5, 0.6) is 0 Å². The zero-order valence-corrected chi connectivity index (χ0v) is 18.0. The van der Waals surface area contributed by atoms with Gasteiger partial charge in [-0.05, 0) is 43.2 Å². The first-order valence-electron chi connectivity index (χ1n) is 11.5. The fourth-order valence-electron chi connectivity index (χ4n) is 4.55. The lowest BCUT2D eigenvalue weighted by atomic mass is 10.1. The van der Waals surface area contributed by atoms with Gasteiger partial charge in [-0.1, -0.05) is 18.2 Å². The van der Waals surface area contributed by atoms with E-state index >= 15 is 0 Å². The van der Waals surface area contributed by atoms with Crippen molar-refractivity contribution in [3.05, 3.63) is 71.2 Å². The molecule has 4 heterocycles. The summed E-state index contributed by atoms with van der Waals surface area (Å²) in [6.07, 6.45) is 4.00. The van der Waals surface area contributed by atoms with Crippen LogP contribution in [-0.4, -0.2) is 37.9 Å². The average molecular weight is 428 g/mol. The van der Waals surface area contributed by atoms with Crippen LogP contribution in [0.4, 0.5) is 0 Å². The zero-order chi connectivity index (χ0) is 21.3. The number of fused-ring (bicyclic) bond motifs is 2. The maximum absolute atomic E-state index is 6.12. The number of amidine groups is 2. The van der Waals surface area contributed by atoms with Gasteiger partial charge in [-0.25, -0.2) is 0 Å². The van der Waals surface area contributed by atoms with Crippen LogP contribution in [0.25, 0.3) is 21.9 Å². The third-order valence-electron chi connectivity index (χ3n) is 6.20. The lowest BCUT2D eigenvalue weighted by Gasteiger charge is -2.01. The number of rotatable bonds is 7. The van der Waals surface area contributed by atoms with Crippen LogP contribution < -0.4 is 15.6 Å². The highest BCUT2D eigenvalue weighted by atomic mass is 16.3. The monoisotopic (exact) mass is 427 g/mol. The van der Waals surface area contributed by atoms with Gasteiger partial charge in [-0.15, -0.1) is 0 Å². The fourth-order valence-corrected chi connectivity index (χ4v) is 4.55. The van der Waals surface area contributed by atoms with Crippen LogP contribution in [0.1, 0.15) is 35.5 Å². The van der Waals surface area contributed by atoms with Crippen molar-refractivity contribution in [2.45, 2.75) is 25.7 Å². The van der Waals surface area contributed by atoms with Gasteiger partial charge in [0.1, 0.15) is 41.6 Å². The molecule has 2 aromatic carbocycles. The number of nitrogens with zero attached hydrogens (tertiary/aromatic N) is 1. The smallest absolute Gasteiger partial charge is 0.275 e. The number of aryl methyl sites for hydroxylation is 2. The summed E-state index contributed by atoms with van der Waals surface area (Å²) in [4.78, 5) is 7.87. The maximum Gasteiger partial charge on any atom is 0.275 e. The summed E-state index contributed by atoms with van der Waals surface area (Å²) in [5.74, 6) is 4.15. The van der Waals surface area contributed by atoms with Gasteiger partial charge in [0.2, 0.25) is 0 Å². The highest BCUT2D eigenvalue weighted by Crippen LogP contribution is 2.24. The molecule has 2 aliphatic heterocycles. The van der Waals surface area contributed by atoms with Gasteiger partial charge in [-0.3, -0.25) is 15.3 Å². The largest absolute Gasteiger partial charge is 0.461 e. The Balaban J connectivity index is 1.07. The Labute approximate surface area is 186 Å². The maximum atomic E-state index is 6.12. The topological polar surface area (TPSA) is 76.7 Å². The molecule has 0 amide bonds. The normalized spacial score (nSPS) is 15.8. The first kappa shape index (κ1) is 19.2. The van der Waals surface area contributed by atoms with Crippen LogP contribution in [-0.2, 0) is 12.8 Å². The molecule has 0 atom stereocenters. The molecule has 3 N–H and O–H groups in total. The predicted octanol–water partition coefficient (Wildman–Crippen LogP) is 2.52. The molecule has 4 aromatic rings. The quantitative estimate of drug-likeness (QED) is 0.396. The molecule has 0 bridgehead atoms. The first-order valence-corrected chi connectivity index (χ1v) is 11.5. The molecule has 6 heteroatoms. The Kier molecular flexibility index (Phi) is 4.90. The van der Waals surface area contributed by atoms with E-state index in [2.05, 4.69) is 69.1 Å². The van der Waals surface area contributed by atoms with E-state index in [1.54, 1.807) is 0 Å². The van der Waals surface area contributed by atoms with Gasteiger partial charge in [0.05, 0.1) is 12.1 Å². The Morgan fingerprint density at radius 2 is 1.47 bits per heavy atom. The average Bonchev–Trinajstić information content (AvgIpc) is 3.61. The second-order valence-corrected chi connectivity index (χ2v) is 8.52. The molecule has 0 spiro atoms. The van der Waals surface area contributed by atoms with Crippen LogP contribution >= 0.6 is 0 Å². The number of hydrogen-bond acceptors (Lipinski definition) is 5. The van der Waals surface area contributed by atoms with Crippen molar-refractivity contribution >= 4 is 33.6 Å². The number of nitrogens with one attached hydrogen (secondary N) is 3. The summed E-state index contributed by atoms with van der Waals surface area (Å²) in [5, 5.41) is 9.01. The van der Waals surface area contributed by atoms with E-state index in [1.165, 1.54) is 0 Å². The van der Waals surface area contributed by atoms with Crippen LogP contribution in [0.2, 0.25) is 0 Å². The molecular weight excluding hydrogens is 400 g/mol. The minimum absolute atomic E-state index is 0.844. The van der Waals surface area contributed by atoms with E-state index in [-0.39, 0.29) is 0 Å². The van der Waals surface area contributed by atoms with Gasteiger partial charge in [0.25, 0.3) is 5.84 Å². The van der Waals surface area contributed by atoms with E-state index in [1.807, 2.05) is 0 Å². The fraction of sp³-hybridized carbons (Fsp3) is 0.308. The van der Waals surface area contributed by atoms with E-state index in [9.17, 15) is 0 Å². The molecule has 2 aromatic heterocycles. The summed E-state index contributed by atoms with van der Waals surface area (Å²) in [7, 11) is 0. The lowest BCUT2D eigenvalue weighted by Crippen LogP contribution is -2.70. The molecule has 0 aliphatic carbocycles. The molecule has 32 heavy (non-hydrogen) atoms. The van der Waals surface area contributed by atoms with Gasteiger partial charge in [0.15, 0.2) is 0 Å². The Hall–Kier alpha value is -3.54. The first-order chi connectivity index (χ1) is 15.8. The minimum atomic E-state index is 0.844. The molecule has 6 rings (SSSR count). The van der Waals surface area contributed by atoms with Crippen LogP contribution in [0.15, 0.2) is 62.4 Å². The van der Waals surface area contributed by atoms with Crippen molar-refractivity contribution in [1.82, 2.24) is 10.6 Å². The highest BCUT2D eigenvalue weighted by molar-refractivity contribution is 6.02. The van der Waals surface area contributed by atoms with Crippen molar-refractivity contribution in [2.24, 2.45) is 4.99 Å². The van der Waals surface area contributed by atoms with Gasteiger partial charge >= 0.3 is 0 Å². The standard InChI is InChI=1S/C26H26N4O2/c1(3-21-13-17-5-7-19(15-23(17)31-21)25-27-9-10-28-25)2-4-22-14-18-6-8-20(16-24(18)32-22)26-29-11-12-30-26/h5-8,13-16H,1-4,9-12H2,(H,27,28)(H,29,30)/p+1. The zero-order valence-electron chi connectivity index (χ0n) is 18.0. The van der Waals surface area contributed by atoms with Crippen molar-refractivity contribution in [3.63, 3.8) is 0 Å². The van der Waals surface area contributed by atoms with Crippen LogP contribution in [0.3, 0.4) is 0 Å². The summed E-state index contributed by atoms with van der Waals surface area (Å²) in [6, 6.07) is 17.1. The second kappa shape index (κ2) is 8.19. The molecule has 2 aliphatic rings. The van der Waals surface area contributed by atoms with Crippen molar-refractivity contribution < 1.29 is 13.8 Å². The van der Waals surface area contributed by atoms with Crippen molar-refractivity contribution in [2.75, 3.05) is 26.2 Å². The number of hydrogen-bond donors (Lipinski definition) is 3. The second-order valence-electron chi connectivity index (χ2n) is 8.52. The predicted molar refractivity (Wildman–Crippen MR) is 126 cm³/mol. The molecule has 162 valence electrons. The Morgan fingerprint density at radius 3 is 2.09 bits per heavy atom. The Morgan fingerprint density at radius 1 is 0.781 bits per heavy atom. The number of unbranched alkanes of at least 4 members (excludes halogenated alkanes) is 1. The number of benzene rings is 2. The molecular formula is C26H27N4O2+. The SMILES string of the molecule is c1cc2cc(CCCCc3cc4ccc(C5=[NH+]CCN5)cc4o3)oc2cc1C1=NCCN1. The summed E-state index contributed by atoms with van der Waals surface area (Å²) >= 11 is 0. The summed E-state index contributed by atoms with van der Waals surface area (Å²) in [6.45, 7) is 3.69. The third-order valence-corrected chi connectivity index (χ3v) is 6.20. The van der Waals surface area contributed by atoms with E-state index in [0.717, 1.165) is 108 Å². The molecule has 0 saturated heterocycles. The van der Waals surface area contributed by atoms with Gasteiger partial charge in [-0.2, -0.15) is 0 Å². The van der Waals surface area contributed by atoms with E-state index in [0.29, 0.717) is 0 Å². The summed E-state index contributed by atoms with van der Waals surface area (Å²) in [5.41, 5.74) is 4.14. The van der Waals surface area contributed by atoms with Crippen molar-refractivity contribution in [1.29, 1.82) is 0 Å². The molecule has 0 radical (unpaired) electrons. The molecule has 0 unspecified atom stereocenters. The van der Waals surface area contributed by atoms with E-state index < -0.39 is 0 Å². The van der Waals surface area contributed by atoms with Crippen LogP contribution in [0, 0.1) is 0 Å². The lowest BCUT2D eigenvalue weighted by molar-refractivity contribution is -0.444. The number of furan rings is 2. The highest BCUT2D eigenvalue weighted by Gasteiger charge is 2.16. The Bertz CT molecular complexity index is 1240. The third kappa shape index (κ3) is 3.77.